The summed E-state index contributed by atoms with van der Waals surface area (Å²) in [6.45, 7) is 1.43. The molecular weight excluding hydrogens is 280 g/mol. The van der Waals surface area contributed by atoms with Crippen LogP contribution in [-0.2, 0) is 6.61 Å². The fourth-order valence-corrected chi connectivity index (χ4v) is 1.72. The lowest BCUT2D eigenvalue weighted by molar-refractivity contribution is 0.280. The second kappa shape index (κ2) is 6.31. The molecule has 0 aliphatic carbocycles. The highest BCUT2D eigenvalue weighted by Gasteiger charge is 2.09. The quantitative estimate of drug-likeness (QED) is 0.456. The molecule has 104 valence electrons. The molecule has 7 heteroatoms. The molecule has 3 N–H and O–H groups in total. The number of nitrogens with zero attached hydrogens (tertiary/aromatic N) is 3. The topological polar surface area (TPSA) is 90.6 Å². The number of rotatable bonds is 4. The Bertz CT molecular complexity index is 646. The number of hydrazone groups is 1. The fraction of sp³-hybridized carbons (Fsp3) is 0.154. The molecule has 0 fully saturated rings. The summed E-state index contributed by atoms with van der Waals surface area (Å²) < 4.78 is 0. The zero-order valence-electron chi connectivity index (χ0n) is 10.7. The minimum absolute atomic E-state index is 0.0128. The van der Waals surface area contributed by atoms with Crippen LogP contribution in [0.1, 0.15) is 16.8 Å². The molecule has 6 nitrogen and oxygen atoms in total. The largest absolute Gasteiger partial charge is 0.505 e. The zero-order chi connectivity index (χ0) is 14.5. The molecule has 0 aliphatic rings. The average Bonchev–Trinajstić information content (AvgIpc) is 2.44. The molecule has 0 atom stereocenters. The van der Waals surface area contributed by atoms with Gasteiger partial charge >= 0.3 is 0 Å². The van der Waals surface area contributed by atoms with Gasteiger partial charge in [-0.05, 0) is 19.1 Å². The summed E-state index contributed by atoms with van der Waals surface area (Å²) in [7, 11) is 0. The van der Waals surface area contributed by atoms with Crippen molar-refractivity contribution < 1.29 is 10.2 Å². The molecule has 0 aromatic carbocycles. The average molecular weight is 293 g/mol. The summed E-state index contributed by atoms with van der Waals surface area (Å²) in [5.41, 5.74) is 4.05. The Morgan fingerprint density at radius 3 is 2.95 bits per heavy atom. The van der Waals surface area contributed by atoms with Crippen LogP contribution < -0.4 is 5.43 Å². The standard InChI is InChI=1S/C13H13ClN4O2/c1-8-13(20)10(9(7-19)5-15-8)6-16-18-12-4-2-3-11(14)17-12/h2-6,19-20H,7H2,1H3,(H,17,18)/b16-6+. The lowest BCUT2D eigenvalue weighted by Gasteiger charge is -2.07. The van der Waals surface area contributed by atoms with Gasteiger partial charge in [0.25, 0.3) is 0 Å². The Labute approximate surface area is 120 Å². The van der Waals surface area contributed by atoms with E-state index >= 15 is 0 Å². The van der Waals surface area contributed by atoms with Crippen molar-refractivity contribution in [3.05, 3.63) is 46.4 Å². The highest BCUT2D eigenvalue weighted by atomic mass is 35.5. The summed E-state index contributed by atoms with van der Waals surface area (Å²) in [6.07, 6.45) is 2.90. The van der Waals surface area contributed by atoms with E-state index in [1.54, 1.807) is 25.1 Å². The number of hydrogen-bond acceptors (Lipinski definition) is 6. The summed E-state index contributed by atoms with van der Waals surface area (Å²) in [6, 6.07) is 5.09. The molecular formula is C13H13ClN4O2. The molecule has 0 unspecified atom stereocenters. The summed E-state index contributed by atoms with van der Waals surface area (Å²) >= 11 is 5.75. The Balaban J connectivity index is 2.21. The lowest BCUT2D eigenvalue weighted by Crippen LogP contribution is -2.00. The molecule has 2 aromatic rings. The van der Waals surface area contributed by atoms with Gasteiger partial charge in [-0.15, -0.1) is 0 Å². The molecule has 2 rings (SSSR count). The van der Waals surface area contributed by atoms with Crippen molar-refractivity contribution in [1.82, 2.24) is 9.97 Å². The van der Waals surface area contributed by atoms with Gasteiger partial charge in [-0.25, -0.2) is 4.98 Å². The Morgan fingerprint density at radius 2 is 2.25 bits per heavy atom. The maximum atomic E-state index is 9.92. The van der Waals surface area contributed by atoms with Crippen LogP contribution in [0.4, 0.5) is 5.82 Å². The number of halogens is 1. The van der Waals surface area contributed by atoms with Crippen molar-refractivity contribution in [2.45, 2.75) is 13.5 Å². The molecule has 0 bridgehead atoms. The maximum Gasteiger partial charge on any atom is 0.147 e. The minimum atomic E-state index is -0.238. The highest BCUT2D eigenvalue weighted by molar-refractivity contribution is 6.29. The van der Waals surface area contributed by atoms with Crippen LogP contribution in [0.5, 0.6) is 5.75 Å². The molecule has 2 aromatic heterocycles. The van der Waals surface area contributed by atoms with Crippen molar-refractivity contribution in [3.8, 4) is 5.75 Å². The van der Waals surface area contributed by atoms with E-state index in [2.05, 4.69) is 20.5 Å². The SMILES string of the molecule is Cc1ncc(CO)c(/C=N/Nc2cccc(Cl)n2)c1O. The first-order valence-corrected chi connectivity index (χ1v) is 6.19. The van der Waals surface area contributed by atoms with Crippen LogP contribution >= 0.6 is 11.6 Å². The van der Waals surface area contributed by atoms with E-state index in [0.717, 1.165) is 0 Å². The number of aromatic hydroxyl groups is 1. The van der Waals surface area contributed by atoms with Crippen LogP contribution in [0.25, 0.3) is 0 Å². The van der Waals surface area contributed by atoms with Crippen LogP contribution in [-0.4, -0.2) is 26.4 Å². The number of aromatic nitrogens is 2. The van der Waals surface area contributed by atoms with Gasteiger partial charge in [0.2, 0.25) is 0 Å². The highest BCUT2D eigenvalue weighted by Crippen LogP contribution is 2.22. The number of hydrogen-bond donors (Lipinski definition) is 3. The molecule has 0 amide bonds. The van der Waals surface area contributed by atoms with Gasteiger partial charge in [0.15, 0.2) is 0 Å². The lowest BCUT2D eigenvalue weighted by atomic mass is 10.1. The van der Waals surface area contributed by atoms with Gasteiger partial charge in [0.1, 0.15) is 16.7 Å². The Morgan fingerprint density at radius 1 is 1.45 bits per heavy atom. The number of aliphatic hydroxyl groups excluding tert-OH is 1. The van der Waals surface area contributed by atoms with E-state index in [-0.39, 0.29) is 12.4 Å². The van der Waals surface area contributed by atoms with Crippen LogP contribution in [0.15, 0.2) is 29.5 Å². The molecule has 2 heterocycles. The van der Waals surface area contributed by atoms with Gasteiger partial charge < -0.3 is 10.2 Å². The second-order valence-corrected chi connectivity index (χ2v) is 4.39. The predicted octanol–water partition coefficient (Wildman–Crippen LogP) is 2.08. The van der Waals surface area contributed by atoms with Crippen LogP contribution in [0.3, 0.4) is 0 Å². The van der Waals surface area contributed by atoms with Gasteiger partial charge in [-0.3, -0.25) is 10.4 Å². The third-order valence-corrected chi connectivity index (χ3v) is 2.83. The third-order valence-electron chi connectivity index (χ3n) is 2.62. The van der Waals surface area contributed by atoms with E-state index in [9.17, 15) is 10.2 Å². The van der Waals surface area contributed by atoms with Gasteiger partial charge in [-0.1, -0.05) is 17.7 Å². The summed E-state index contributed by atoms with van der Waals surface area (Å²) in [5.74, 6) is 0.464. The Hall–Kier alpha value is -2.18. The van der Waals surface area contributed by atoms with Crippen molar-refractivity contribution in [2.75, 3.05) is 5.43 Å². The van der Waals surface area contributed by atoms with Gasteiger partial charge in [-0.2, -0.15) is 5.10 Å². The third kappa shape index (κ3) is 3.23. The summed E-state index contributed by atoms with van der Waals surface area (Å²) in [5, 5.41) is 23.5. The minimum Gasteiger partial charge on any atom is -0.505 e. The number of anilines is 1. The van der Waals surface area contributed by atoms with Gasteiger partial charge in [0, 0.05) is 17.3 Å². The molecule has 20 heavy (non-hydrogen) atoms. The summed E-state index contributed by atoms with van der Waals surface area (Å²) in [4.78, 5) is 7.97. The number of pyridine rings is 2. The smallest absolute Gasteiger partial charge is 0.147 e. The van der Waals surface area contributed by atoms with E-state index < -0.39 is 0 Å². The number of aryl methyl sites for hydroxylation is 1. The maximum absolute atomic E-state index is 9.92. The normalized spacial score (nSPS) is 10.9. The van der Waals surface area contributed by atoms with Crippen molar-refractivity contribution >= 4 is 23.6 Å². The first-order chi connectivity index (χ1) is 9.61. The second-order valence-electron chi connectivity index (χ2n) is 4.00. The molecule has 0 spiro atoms. The monoisotopic (exact) mass is 292 g/mol. The van der Waals surface area contributed by atoms with Crippen molar-refractivity contribution in [1.29, 1.82) is 0 Å². The van der Waals surface area contributed by atoms with Crippen molar-refractivity contribution in [2.24, 2.45) is 5.10 Å². The van der Waals surface area contributed by atoms with E-state index in [1.807, 2.05) is 0 Å². The molecule has 0 radical (unpaired) electrons. The molecule has 0 saturated carbocycles. The fourth-order valence-electron chi connectivity index (χ4n) is 1.56. The number of nitrogens with one attached hydrogen (secondary N) is 1. The first kappa shape index (κ1) is 14.2. The van der Waals surface area contributed by atoms with E-state index in [0.29, 0.717) is 27.8 Å². The van der Waals surface area contributed by atoms with Crippen LogP contribution in [0, 0.1) is 6.92 Å². The molecule has 0 saturated heterocycles. The number of aliphatic hydroxyl groups is 1. The van der Waals surface area contributed by atoms with E-state index in [1.165, 1.54) is 12.4 Å². The van der Waals surface area contributed by atoms with Gasteiger partial charge in [0.05, 0.1) is 18.5 Å². The Kier molecular flexibility index (Phi) is 4.49. The first-order valence-electron chi connectivity index (χ1n) is 5.81. The molecule has 0 aliphatic heterocycles. The van der Waals surface area contributed by atoms with E-state index in [4.69, 9.17) is 11.6 Å². The van der Waals surface area contributed by atoms with Crippen molar-refractivity contribution in [3.63, 3.8) is 0 Å². The zero-order valence-corrected chi connectivity index (χ0v) is 11.5. The van der Waals surface area contributed by atoms with Crippen LogP contribution in [0.2, 0.25) is 5.15 Å². The predicted molar refractivity (Wildman–Crippen MR) is 77.0 cm³/mol.